The molecule has 1 rings (SSSR count). The van der Waals surface area contributed by atoms with Gasteiger partial charge < -0.3 is 14.8 Å². The highest BCUT2D eigenvalue weighted by molar-refractivity contribution is 5.67. The van der Waals surface area contributed by atoms with Gasteiger partial charge in [0.25, 0.3) is 0 Å². The fourth-order valence-corrected chi connectivity index (χ4v) is 0.702. The number of carbonyl (C=O) groups excluding carboxylic acids is 1. The Hall–Kier alpha value is -0.770. The van der Waals surface area contributed by atoms with Crippen LogP contribution in [0.15, 0.2) is 0 Å². The van der Waals surface area contributed by atoms with E-state index in [0.717, 1.165) is 6.42 Å². The van der Waals surface area contributed by atoms with Gasteiger partial charge in [0.15, 0.2) is 6.10 Å². The average molecular weight is 159 g/mol. The molecule has 0 aromatic heterocycles. The Morgan fingerprint density at radius 1 is 1.73 bits per heavy atom. The van der Waals surface area contributed by atoms with E-state index in [1.807, 2.05) is 6.92 Å². The summed E-state index contributed by atoms with van der Waals surface area (Å²) in [5.74, 6) is 0. The molecule has 0 unspecified atom stereocenters. The minimum atomic E-state index is -0.333. The maximum atomic E-state index is 10.8. The molecular formula is C7H13NO3. The fourth-order valence-electron chi connectivity index (χ4n) is 0.702. The number of alkyl carbamates (subject to hydrolysis) is 1. The van der Waals surface area contributed by atoms with Gasteiger partial charge >= 0.3 is 6.09 Å². The molecule has 1 aliphatic rings. The lowest BCUT2D eigenvalue weighted by atomic mass is 10.3. The molecule has 1 fully saturated rings. The summed E-state index contributed by atoms with van der Waals surface area (Å²) >= 11 is 0. The van der Waals surface area contributed by atoms with Crippen LogP contribution in [0.25, 0.3) is 0 Å². The molecule has 0 spiro atoms. The summed E-state index contributed by atoms with van der Waals surface area (Å²) in [5.41, 5.74) is 0. The topological polar surface area (TPSA) is 47.6 Å². The monoisotopic (exact) mass is 159 g/mol. The summed E-state index contributed by atoms with van der Waals surface area (Å²) in [5, 5.41) is 2.61. The van der Waals surface area contributed by atoms with Crippen LogP contribution in [-0.4, -0.2) is 32.0 Å². The maximum absolute atomic E-state index is 10.8. The highest BCUT2D eigenvalue weighted by Crippen LogP contribution is 2.04. The second-order valence-corrected chi connectivity index (χ2v) is 2.49. The van der Waals surface area contributed by atoms with Crippen LogP contribution in [0.5, 0.6) is 0 Å². The van der Waals surface area contributed by atoms with E-state index in [1.165, 1.54) is 0 Å². The van der Waals surface area contributed by atoms with E-state index in [9.17, 15) is 4.79 Å². The SMILES string of the molecule is CCCNC(=O)OC1COC1. The lowest BCUT2D eigenvalue weighted by molar-refractivity contribution is -0.0979. The van der Waals surface area contributed by atoms with Crippen molar-refractivity contribution in [2.75, 3.05) is 19.8 Å². The van der Waals surface area contributed by atoms with Gasteiger partial charge in [0, 0.05) is 6.54 Å². The van der Waals surface area contributed by atoms with Gasteiger partial charge in [-0.25, -0.2) is 4.79 Å². The number of hydrogen-bond acceptors (Lipinski definition) is 3. The quantitative estimate of drug-likeness (QED) is 0.653. The van der Waals surface area contributed by atoms with Crippen molar-refractivity contribution in [2.24, 2.45) is 0 Å². The number of nitrogens with one attached hydrogen (secondary N) is 1. The summed E-state index contributed by atoms with van der Waals surface area (Å²) in [4.78, 5) is 10.8. The van der Waals surface area contributed by atoms with Crippen molar-refractivity contribution in [3.05, 3.63) is 0 Å². The zero-order chi connectivity index (χ0) is 8.10. The van der Waals surface area contributed by atoms with Crippen LogP contribution in [0.3, 0.4) is 0 Å². The van der Waals surface area contributed by atoms with E-state index in [4.69, 9.17) is 9.47 Å². The number of hydrogen-bond donors (Lipinski definition) is 1. The van der Waals surface area contributed by atoms with Crippen molar-refractivity contribution in [1.29, 1.82) is 0 Å². The molecule has 11 heavy (non-hydrogen) atoms. The van der Waals surface area contributed by atoms with Crippen molar-refractivity contribution in [3.8, 4) is 0 Å². The Balaban J connectivity index is 2.00. The van der Waals surface area contributed by atoms with Gasteiger partial charge in [-0.15, -0.1) is 0 Å². The molecule has 1 aliphatic heterocycles. The van der Waals surface area contributed by atoms with Crippen LogP contribution in [0.2, 0.25) is 0 Å². The largest absolute Gasteiger partial charge is 0.441 e. The van der Waals surface area contributed by atoms with Gasteiger partial charge in [-0.3, -0.25) is 0 Å². The van der Waals surface area contributed by atoms with Crippen LogP contribution in [-0.2, 0) is 9.47 Å². The minimum Gasteiger partial charge on any atom is -0.441 e. The van der Waals surface area contributed by atoms with E-state index in [1.54, 1.807) is 0 Å². The smallest absolute Gasteiger partial charge is 0.407 e. The zero-order valence-corrected chi connectivity index (χ0v) is 6.63. The molecule has 0 saturated carbocycles. The van der Waals surface area contributed by atoms with E-state index in [-0.39, 0.29) is 12.2 Å². The maximum Gasteiger partial charge on any atom is 0.407 e. The van der Waals surface area contributed by atoms with Crippen molar-refractivity contribution < 1.29 is 14.3 Å². The summed E-state index contributed by atoms with van der Waals surface area (Å²) in [6.07, 6.45) is 0.572. The Morgan fingerprint density at radius 3 is 2.91 bits per heavy atom. The third-order valence-corrected chi connectivity index (χ3v) is 1.40. The first-order valence-electron chi connectivity index (χ1n) is 3.85. The van der Waals surface area contributed by atoms with Crippen molar-refractivity contribution in [3.63, 3.8) is 0 Å². The molecule has 64 valence electrons. The van der Waals surface area contributed by atoms with Crippen LogP contribution < -0.4 is 5.32 Å². The molecule has 0 aromatic carbocycles. The minimum absolute atomic E-state index is 0.0214. The van der Waals surface area contributed by atoms with E-state index >= 15 is 0 Å². The summed E-state index contributed by atoms with van der Waals surface area (Å²) in [6.45, 7) is 3.75. The third kappa shape index (κ3) is 2.76. The van der Waals surface area contributed by atoms with Crippen molar-refractivity contribution in [1.82, 2.24) is 5.32 Å². The fraction of sp³-hybridized carbons (Fsp3) is 0.857. The standard InChI is InChI=1S/C7H13NO3/c1-2-3-8-7(9)11-6-4-10-5-6/h6H,2-5H2,1H3,(H,8,9). The summed E-state index contributed by atoms with van der Waals surface area (Å²) < 4.78 is 9.75. The van der Waals surface area contributed by atoms with E-state index < -0.39 is 0 Å². The molecule has 0 bridgehead atoms. The molecule has 0 aromatic rings. The first kappa shape index (κ1) is 8.33. The molecule has 1 N–H and O–H groups in total. The molecule has 0 radical (unpaired) electrons. The second kappa shape index (κ2) is 4.18. The van der Waals surface area contributed by atoms with Crippen LogP contribution in [0.1, 0.15) is 13.3 Å². The van der Waals surface area contributed by atoms with Crippen LogP contribution in [0.4, 0.5) is 4.79 Å². The van der Waals surface area contributed by atoms with Gasteiger partial charge in [-0.2, -0.15) is 0 Å². The highest BCUT2D eigenvalue weighted by atomic mass is 16.6. The Bertz CT molecular complexity index is 134. The van der Waals surface area contributed by atoms with Gasteiger partial charge in [0.2, 0.25) is 0 Å². The number of ether oxygens (including phenoxy) is 2. The van der Waals surface area contributed by atoms with Crippen LogP contribution >= 0.6 is 0 Å². The number of rotatable bonds is 3. The van der Waals surface area contributed by atoms with Crippen molar-refractivity contribution >= 4 is 6.09 Å². The Morgan fingerprint density at radius 2 is 2.45 bits per heavy atom. The van der Waals surface area contributed by atoms with Gasteiger partial charge in [0.1, 0.15) is 0 Å². The lowest BCUT2D eigenvalue weighted by Gasteiger charge is -2.25. The Labute approximate surface area is 65.9 Å². The normalized spacial score (nSPS) is 17.2. The first-order valence-corrected chi connectivity index (χ1v) is 3.85. The first-order chi connectivity index (χ1) is 5.33. The van der Waals surface area contributed by atoms with Gasteiger partial charge in [-0.1, -0.05) is 6.92 Å². The summed E-state index contributed by atoms with van der Waals surface area (Å²) in [7, 11) is 0. The molecule has 1 heterocycles. The van der Waals surface area contributed by atoms with E-state index in [0.29, 0.717) is 19.8 Å². The van der Waals surface area contributed by atoms with Gasteiger partial charge in [-0.05, 0) is 6.42 Å². The second-order valence-electron chi connectivity index (χ2n) is 2.49. The Kier molecular flexibility index (Phi) is 3.16. The average Bonchev–Trinajstić information content (AvgIpc) is 1.93. The predicted octanol–water partition coefficient (Wildman–Crippen LogP) is 0.521. The highest BCUT2D eigenvalue weighted by Gasteiger charge is 2.22. The molecular weight excluding hydrogens is 146 g/mol. The molecule has 4 nitrogen and oxygen atoms in total. The predicted molar refractivity (Wildman–Crippen MR) is 39.4 cm³/mol. The lowest BCUT2D eigenvalue weighted by Crippen LogP contribution is -2.40. The number of amides is 1. The zero-order valence-electron chi connectivity index (χ0n) is 6.63. The summed E-state index contributed by atoms with van der Waals surface area (Å²) in [6, 6.07) is 0. The molecule has 0 atom stereocenters. The van der Waals surface area contributed by atoms with Crippen molar-refractivity contribution in [2.45, 2.75) is 19.4 Å². The molecule has 1 saturated heterocycles. The third-order valence-electron chi connectivity index (χ3n) is 1.40. The molecule has 4 heteroatoms. The molecule has 1 amide bonds. The van der Waals surface area contributed by atoms with E-state index in [2.05, 4.69) is 5.32 Å². The number of carbonyl (C=O) groups is 1. The van der Waals surface area contributed by atoms with Gasteiger partial charge in [0.05, 0.1) is 13.2 Å². The molecule has 0 aliphatic carbocycles. The van der Waals surface area contributed by atoms with Crippen LogP contribution in [0, 0.1) is 0 Å².